The third-order valence-electron chi connectivity index (χ3n) is 3.72. The molecule has 0 saturated carbocycles. The third-order valence-corrected chi connectivity index (χ3v) is 3.72. The fourth-order valence-electron chi connectivity index (χ4n) is 2.51. The van der Waals surface area contributed by atoms with Crippen LogP contribution in [0, 0.1) is 0 Å². The van der Waals surface area contributed by atoms with Gasteiger partial charge in [0, 0.05) is 5.39 Å². The molecule has 0 N–H and O–H groups in total. The monoisotopic (exact) mass is 345 g/mol. The average molecular weight is 345 g/mol. The van der Waals surface area contributed by atoms with Crippen LogP contribution in [-0.4, -0.2) is 16.6 Å². The molecule has 128 valence electrons. The summed E-state index contributed by atoms with van der Waals surface area (Å²) in [7, 11) is 0. The standard InChI is InChI=1S/C20H15N3O3/c1-2-4-18-15(3-1)7-8-24-9-10-25-11-12-26-16-5-6-19-17(13-16)20(23-18)22-14-21-19/h1-7,9-14H,8H2/b10-9-,12-11-,15-7+,23-18+. The van der Waals surface area contributed by atoms with Crippen LogP contribution < -0.4 is 15.3 Å². The van der Waals surface area contributed by atoms with E-state index in [9.17, 15) is 0 Å². The maximum absolute atomic E-state index is 5.55. The summed E-state index contributed by atoms with van der Waals surface area (Å²) in [5.41, 5.74) is 0.792. The second kappa shape index (κ2) is 7.48. The van der Waals surface area contributed by atoms with Crippen molar-refractivity contribution in [2.75, 3.05) is 6.61 Å². The minimum Gasteiger partial charge on any atom is -0.494 e. The van der Waals surface area contributed by atoms with Gasteiger partial charge in [-0.1, -0.05) is 18.2 Å². The molecule has 1 aromatic heterocycles. The van der Waals surface area contributed by atoms with Crippen molar-refractivity contribution in [3.8, 4) is 5.75 Å². The first kappa shape index (κ1) is 15.8. The zero-order chi connectivity index (χ0) is 17.6. The molecule has 0 saturated heterocycles. The number of benzene rings is 2. The summed E-state index contributed by atoms with van der Waals surface area (Å²) < 4.78 is 16.1. The molecule has 6 nitrogen and oxygen atoms in total. The van der Waals surface area contributed by atoms with E-state index in [0.29, 0.717) is 18.2 Å². The Morgan fingerprint density at radius 3 is 2.81 bits per heavy atom. The number of nitrogens with zero attached hydrogens (tertiary/aromatic N) is 3. The van der Waals surface area contributed by atoms with Gasteiger partial charge in [-0.3, -0.25) is 0 Å². The van der Waals surface area contributed by atoms with Gasteiger partial charge in [-0.05, 0) is 35.6 Å². The minimum atomic E-state index is 0.390. The fraction of sp³-hybridized carbons (Fsp3) is 0.0500. The molecular weight excluding hydrogens is 330 g/mol. The SMILES string of the molecule is C1=C\OC/C=c2\cccc\c2=N/c2ncnc3ccc(cc23)O/C=C\O/1. The summed E-state index contributed by atoms with van der Waals surface area (Å²) in [6.45, 7) is 0.390. The van der Waals surface area contributed by atoms with E-state index in [0.717, 1.165) is 21.5 Å². The first-order valence-corrected chi connectivity index (χ1v) is 8.03. The van der Waals surface area contributed by atoms with E-state index in [2.05, 4.69) is 9.97 Å². The Balaban J connectivity index is 1.93. The Labute approximate surface area is 149 Å². The van der Waals surface area contributed by atoms with Gasteiger partial charge < -0.3 is 14.2 Å². The molecule has 0 spiro atoms. The van der Waals surface area contributed by atoms with Crippen LogP contribution in [0.2, 0.25) is 0 Å². The minimum absolute atomic E-state index is 0.390. The first-order valence-electron chi connectivity index (χ1n) is 8.03. The highest BCUT2D eigenvalue weighted by molar-refractivity contribution is 5.88. The molecule has 4 rings (SSSR count). The zero-order valence-electron chi connectivity index (χ0n) is 13.8. The van der Waals surface area contributed by atoms with Gasteiger partial charge in [-0.2, -0.15) is 0 Å². The number of hydrogen-bond donors (Lipinski definition) is 0. The topological polar surface area (TPSA) is 65.8 Å². The molecule has 2 heterocycles. The van der Waals surface area contributed by atoms with Crippen LogP contribution in [0.5, 0.6) is 5.75 Å². The van der Waals surface area contributed by atoms with Gasteiger partial charge in [0.1, 0.15) is 43.7 Å². The van der Waals surface area contributed by atoms with Crippen molar-refractivity contribution in [3.05, 3.63) is 84.4 Å². The van der Waals surface area contributed by atoms with E-state index < -0.39 is 0 Å². The van der Waals surface area contributed by atoms with Gasteiger partial charge in [0.15, 0.2) is 5.82 Å². The third kappa shape index (κ3) is 3.54. The molecule has 0 amide bonds. The van der Waals surface area contributed by atoms with E-state index >= 15 is 0 Å². The first-order chi connectivity index (χ1) is 12.9. The average Bonchev–Trinajstić information content (AvgIpc) is 2.67. The maximum Gasteiger partial charge on any atom is 0.163 e. The molecule has 1 aliphatic heterocycles. The summed E-state index contributed by atoms with van der Waals surface area (Å²) in [6.07, 6.45) is 9.22. The van der Waals surface area contributed by atoms with Crippen LogP contribution in [0.15, 0.2) is 78.8 Å². The second-order valence-electron chi connectivity index (χ2n) is 5.38. The largest absolute Gasteiger partial charge is 0.494 e. The summed E-state index contributed by atoms with van der Waals surface area (Å²) in [5, 5.41) is 2.56. The van der Waals surface area contributed by atoms with Crippen molar-refractivity contribution in [2.24, 2.45) is 4.99 Å². The van der Waals surface area contributed by atoms with Crippen LogP contribution in [-0.2, 0) is 9.47 Å². The predicted octanol–water partition coefficient (Wildman–Crippen LogP) is 2.73. The van der Waals surface area contributed by atoms with E-state index in [-0.39, 0.29) is 0 Å². The smallest absolute Gasteiger partial charge is 0.163 e. The number of para-hydroxylation sites is 1. The van der Waals surface area contributed by atoms with Crippen molar-refractivity contribution in [3.63, 3.8) is 0 Å². The molecule has 1 aliphatic rings. The van der Waals surface area contributed by atoms with Crippen molar-refractivity contribution >= 4 is 22.8 Å². The number of aromatic nitrogens is 2. The zero-order valence-corrected chi connectivity index (χ0v) is 13.8. The van der Waals surface area contributed by atoms with Gasteiger partial charge in [-0.25, -0.2) is 15.0 Å². The molecule has 26 heavy (non-hydrogen) atoms. The lowest BCUT2D eigenvalue weighted by Crippen LogP contribution is -2.24. The van der Waals surface area contributed by atoms with Crippen molar-refractivity contribution < 1.29 is 14.2 Å². The highest BCUT2D eigenvalue weighted by Gasteiger charge is 2.04. The van der Waals surface area contributed by atoms with Crippen LogP contribution in [0.4, 0.5) is 5.82 Å². The lowest BCUT2D eigenvalue weighted by molar-refractivity contribution is 0.275. The van der Waals surface area contributed by atoms with Crippen molar-refractivity contribution in [2.45, 2.75) is 0 Å². The van der Waals surface area contributed by atoms with E-state index in [1.54, 1.807) is 0 Å². The Bertz CT molecular complexity index is 1110. The van der Waals surface area contributed by atoms with Crippen molar-refractivity contribution in [1.29, 1.82) is 0 Å². The van der Waals surface area contributed by atoms with Gasteiger partial charge >= 0.3 is 0 Å². The Morgan fingerprint density at radius 2 is 1.81 bits per heavy atom. The second-order valence-corrected chi connectivity index (χ2v) is 5.38. The van der Waals surface area contributed by atoms with E-state index in [1.807, 2.05) is 48.5 Å². The molecule has 2 bridgehead atoms. The van der Waals surface area contributed by atoms with Gasteiger partial charge in [-0.15, -0.1) is 0 Å². The lowest BCUT2D eigenvalue weighted by atomic mass is 10.2. The number of ether oxygens (including phenoxy) is 3. The lowest BCUT2D eigenvalue weighted by Gasteiger charge is -2.04. The van der Waals surface area contributed by atoms with Crippen LogP contribution in [0.1, 0.15) is 0 Å². The van der Waals surface area contributed by atoms with Crippen molar-refractivity contribution in [1.82, 2.24) is 9.97 Å². The maximum atomic E-state index is 5.55. The summed E-state index contributed by atoms with van der Waals surface area (Å²) >= 11 is 0. The highest BCUT2D eigenvalue weighted by Crippen LogP contribution is 2.25. The van der Waals surface area contributed by atoms with Crippen LogP contribution in [0.3, 0.4) is 0 Å². The molecule has 0 unspecified atom stereocenters. The normalized spacial score (nSPS) is 18.8. The quantitative estimate of drug-likeness (QED) is 0.627. The Hall–Kier alpha value is -3.67. The van der Waals surface area contributed by atoms with Gasteiger partial charge in [0.25, 0.3) is 0 Å². The number of fused-ring (bicyclic) bond motifs is 2. The van der Waals surface area contributed by atoms with Gasteiger partial charge in [0.2, 0.25) is 0 Å². The Morgan fingerprint density at radius 1 is 0.885 bits per heavy atom. The number of rotatable bonds is 0. The number of hydrogen-bond acceptors (Lipinski definition) is 6. The molecule has 0 radical (unpaired) electrons. The molecule has 0 atom stereocenters. The molecule has 0 fully saturated rings. The Kier molecular flexibility index (Phi) is 4.56. The van der Waals surface area contributed by atoms with Crippen LogP contribution in [0.25, 0.3) is 17.0 Å². The fourth-order valence-corrected chi connectivity index (χ4v) is 2.51. The predicted molar refractivity (Wildman–Crippen MR) is 96.8 cm³/mol. The molecular formula is C20H15N3O3. The molecule has 6 heteroatoms. The summed E-state index contributed by atoms with van der Waals surface area (Å²) in [6, 6.07) is 13.4. The molecule has 0 aliphatic carbocycles. The van der Waals surface area contributed by atoms with E-state index in [1.165, 1.54) is 31.4 Å². The van der Waals surface area contributed by atoms with E-state index in [4.69, 9.17) is 19.2 Å². The summed E-state index contributed by atoms with van der Waals surface area (Å²) in [4.78, 5) is 13.4. The highest BCUT2D eigenvalue weighted by atomic mass is 16.5. The molecule has 3 aromatic rings. The molecule has 2 aromatic carbocycles. The summed E-state index contributed by atoms with van der Waals surface area (Å²) in [5.74, 6) is 1.21. The van der Waals surface area contributed by atoms with Crippen LogP contribution >= 0.6 is 0 Å². The van der Waals surface area contributed by atoms with Gasteiger partial charge in [0.05, 0.1) is 10.9 Å².